The number of aryl methyl sites for hydroxylation is 1. The molecule has 6 heterocycles. The maximum absolute atomic E-state index is 14.7. The molecule has 7 aromatic rings. The number of rotatable bonds is 30. The molecule has 98 heavy (non-hydrogen) atoms. The predicted octanol–water partition coefficient (Wildman–Crippen LogP) is 8.84. The molecule has 3 aromatic heterocycles. The number of ether oxygens (including phenoxy) is 3. The lowest BCUT2D eigenvalue weighted by atomic mass is 9.97. The van der Waals surface area contributed by atoms with E-state index in [2.05, 4.69) is 30.8 Å². The Bertz CT molecular complexity index is 4180. The number of carbonyl (C=O) groups is 10. The van der Waals surface area contributed by atoms with Crippen molar-refractivity contribution < 1.29 is 62.2 Å². The molecular formula is C70H82ClN13O13S. The first-order valence-corrected chi connectivity index (χ1v) is 34.2. The molecule has 26 nitrogen and oxygen atoms in total. The number of nitrogens with two attached hydrogens (primary N) is 2. The van der Waals surface area contributed by atoms with Crippen molar-refractivity contribution in [1.82, 2.24) is 40.2 Å². The van der Waals surface area contributed by atoms with Gasteiger partial charge in [-0.15, -0.1) is 22.9 Å². The Balaban J connectivity index is 0.743. The number of carbonyl (C=O) groups excluding carboxylic acids is 10. The van der Waals surface area contributed by atoms with Gasteiger partial charge in [0.05, 0.1) is 10.4 Å². The molecule has 10 rings (SSSR count). The number of thiophene rings is 1. The number of alkyl halides is 1. The quantitative estimate of drug-likeness (QED) is 0.0126. The Hall–Kier alpha value is -9.99. The first-order chi connectivity index (χ1) is 47.0. The van der Waals surface area contributed by atoms with Crippen molar-refractivity contribution in [3.05, 3.63) is 124 Å². The number of unbranched alkanes of at least 4 members (excludes halogenated alkanes) is 2. The highest BCUT2D eigenvalue weighted by Crippen LogP contribution is 2.49. The van der Waals surface area contributed by atoms with Gasteiger partial charge < -0.3 is 66.3 Å². The fourth-order valence-corrected chi connectivity index (χ4v) is 13.7. The van der Waals surface area contributed by atoms with Gasteiger partial charge in [-0.05, 0) is 147 Å². The van der Waals surface area contributed by atoms with Crippen LogP contribution in [-0.4, -0.2) is 180 Å². The zero-order valence-corrected chi connectivity index (χ0v) is 57.0. The Morgan fingerprint density at radius 1 is 0.796 bits per heavy atom. The monoisotopic (exact) mass is 1380 g/mol. The second kappa shape index (κ2) is 31.9. The number of hydrogen-bond acceptors (Lipinski definition) is 15. The Morgan fingerprint density at radius 3 is 2.17 bits per heavy atom. The third-order valence-electron chi connectivity index (χ3n) is 17.8. The number of anilines is 3. The van der Waals surface area contributed by atoms with Crippen LogP contribution in [0.4, 0.5) is 31.4 Å². The number of halogens is 1. The summed E-state index contributed by atoms with van der Waals surface area (Å²) < 4.78 is 18.5. The van der Waals surface area contributed by atoms with E-state index >= 15 is 0 Å². The zero-order chi connectivity index (χ0) is 69.9. The molecule has 1 fully saturated rings. The first-order valence-electron chi connectivity index (χ1n) is 32.8. The molecule has 3 aliphatic heterocycles. The largest absolute Gasteiger partial charge is 0.492 e. The third kappa shape index (κ3) is 16.9. The number of amides is 11. The highest BCUT2D eigenvalue weighted by molar-refractivity contribution is 7.17. The number of fused-ring (bicyclic) bond motifs is 5. The molecule has 0 aliphatic carbocycles. The van der Waals surface area contributed by atoms with Gasteiger partial charge in [-0.25, -0.2) is 14.4 Å². The molecule has 0 spiro atoms. The lowest BCUT2D eigenvalue weighted by Crippen LogP contribution is -2.57. The van der Waals surface area contributed by atoms with Crippen molar-refractivity contribution >= 4 is 131 Å². The Labute approximate surface area is 575 Å². The number of likely N-dealkylation sites (tertiary alicyclic amines) is 1. The van der Waals surface area contributed by atoms with Crippen LogP contribution < -0.4 is 46.7 Å². The van der Waals surface area contributed by atoms with Crippen LogP contribution in [0.3, 0.4) is 0 Å². The second-order valence-electron chi connectivity index (χ2n) is 25.2. The molecule has 0 unspecified atom stereocenters. The molecule has 3 aliphatic rings. The minimum Gasteiger partial charge on any atom is -0.492 e. The van der Waals surface area contributed by atoms with Gasteiger partial charge >= 0.3 is 18.2 Å². The van der Waals surface area contributed by atoms with E-state index in [1.165, 1.54) is 65.1 Å². The fraction of sp³-hybridized carbons (Fsp3) is 0.400. The number of nitrogens with zero attached hydrogens (tertiary/aromatic N) is 6. The minimum absolute atomic E-state index is 0.0201. The Morgan fingerprint density at radius 2 is 1.48 bits per heavy atom. The van der Waals surface area contributed by atoms with Crippen LogP contribution in [-0.2, 0) is 35.3 Å². The minimum atomic E-state index is -1.23. The highest BCUT2D eigenvalue weighted by Gasteiger charge is 2.39. The summed E-state index contributed by atoms with van der Waals surface area (Å²) in [5, 5.41) is 12.6. The van der Waals surface area contributed by atoms with Crippen molar-refractivity contribution in [1.29, 1.82) is 0 Å². The average Bonchev–Trinajstić information content (AvgIpc) is 1.57. The van der Waals surface area contributed by atoms with E-state index in [0.29, 0.717) is 69.8 Å². The third-order valence-corrected chi connectivity index (χ3v) is 19.3. The number of aromatic nitrogens is 2. The molecule has 518 valence electrons. The van der Waals surface area contributed by atoms with Crippen LogP contribution in [0.5, 0.6) is 11.5 Å². The maximum atomic E-state index is 14.7. The van der Waals surface area contributed by atoms with E-state index in [-0.39, 0.29) is 105 Å². The number of nitrogens with one attached hydrogen (secondary N) is 5. The zero-order valence-electron chi connectivity index (χ0n) is 55.4. The summed E-state index contributed by atoms with van der Waals surface area (Å²) in [4.78, 5) is 148. The molecule has 9 N–H and O–H groups in total. The van der Waals surface area contributed by atoms with E-state index in [1.54, 1.807) is 79.4 Å². The van der Waals surface area contributed by atoms with Crippen molar-refractivity contribution in [2.45, 2.75) is 96.7 Å². The van der Waals surface area contributed by atoms with Gasteiger partial charge in [0.15, 0.2) is 5.75 Å². The summed E-state index contributed by atoms with van der Waals surface area (Å²) in [5.41, 5.74) is 17.0. The number of imide groups is 1. The van der Waals surface area contributed by atoms with Gasteiger partial charge in [0.1, 0.15) is 42.4 Å². The van der Waals surface area contributed by atoms with Gasteiger partial charge in [0.2, 0.25) is 11.8 Å². The number of likely N-dealkylation sites (N-methyl/N-ethyl adjacent to an activating group) is 2. The predicted molar refractivity (Wildman–Crippen MR) is 374 cm³/mol. The van der Waals surface area contributed by atoms with Crippen LogP contribution in [0.1, 0.15) is 109 Å². The molecule has 1 saturated heterocycles. The summed E-state index contributed by atoms with van der Waals surface area (Å²) in [5.74, 6) is -2.82. The van der Waals surface area contributed by atoms with Crippen molar-refractivity contribution in [2.75, 3.05) is 94.1 Å². The second-order valence-corrected chi connectivity index (χ2v) is 26.4. The molecule has 3 atom stereocenters. The van der Waals surface area contributed by atoms with Crippen molar-refractivity contribution in [2.24, 2.45) is 17.4 Å². The summed E-state index contributed by atoms with van der Waals surface area (Å²) in [7, 11) is 3.04. The smallest absolute Gasteiger partial charge is 0.415 e. The molecule has 28 heteroatoms. The molecule has 0 radical (unpaired) electrons. The van der Waals surface area contributed by atoms with Crippen molar-refractivity contribution in [3.63, 3.8) is 0 Å². The summed E-state index contributed by atoms with van der Waals surface area (Å²) in [6.45, 7) is 9.52. The van der Waals surface area contributed by atoms with E-state index < -0.39 is 53.9 Å². The van der Waals surface area contributed by atoms with E-state index in [4.69, 9.17) is 37.3 Å². The van der Waals surface area contributed by atoms with Gasteiger partial charge in [-0.1, -0.05) is 32.4 Å². The van der Waals surface area contributed by atoms with Gasteiger partial charge in [-0.3, -0.25) is 48.3 Å². The number of urea groups is 1. The van der Waals surface area contributed by atoms with E-state index in [9.17, 15) is 47.9 Å². The SMILES string of the molecule is Cc1csc2c(OC(=O)N(C)CCN(C)C(=O)OCc3ccc(N(C(=O)[C@@H](NC(=O)CCCCCN4C(=O)C=CC4=O)C(C)C)[C@@H](CCCNC(N)=O)C(N)=O)cc3)cc3c(c12)[C@H](CCl)CN3C(=O)c1cc2cc(NC(=O)c3cc4cc(OCCN5CCCC5)ccc4[nH]3)ccc2[nH]1. The van der Waals surface area contributed by atoms with Crippen molar-refractivity contribution in [3.8, 4) is 11.5 Å². The lowest BCUT2D eigenvalue weighted by Gasteiger charge is -2.34. The maximum Gasteiger partial charge on any atom is 0.415 e. The fourth-order valence-electron chi connectivity index (χ4n) is 12.4. The van der Waals surface area contributed by atoms with Crippen LogP contribution in [0.2, 0.25) is 0 Å². The summed E-state index contributed by atoms with van der Waals surface area (Å²) in [6, 6.07) is 19.5. The van der Waals surface area contributed by atoms with Crippen LogP contribution in [0.15, 0.2) is 96.4 Å². The number of primary amides is 2. The number of H-pyrrole nitrogens is 2. The molecule has 11 amide bonds. The molecular weight excluding hydrogens is 1300 g/mol. The van der Waals surface area contributed by atoms with Gasteiger partial charge in [0.25, 0.3) is 29.5 Å². The van der Waals surface area contributed by atoms with E-state index in [0.717, 1.165) is 57.7 Å². The first kappa shape index (κ1) is 70.8. The van der Waals surface area contributed by atoms with Crippen LogP contribution in [0.25, 0.3) is 31.9 Å². The number of aromatic amines is 2. The standard InChI is InChI=1S/C70H82ClN13O13S/c1-41(2)62(78-57(85)13-7-6-8-27-82-58(86)22-23-59(82)87)67(91)84(54(64(72)88)12-11-24-74-68(73)92)48-17-14-43(15-18-48)39-96-69(93)79(4)28-29-80(5)70(94)97-56-36-55-61(60-42(3)40-98-63(56)60)46(37-71)38-83(55)66(90)53-35-44-32-47(16-20-50(44)77-53)75-65(89)52-34-45-33-49(19-21-51(45)76-52)95-31-30-81-25-9-10-26-81/h14-23,32-36,40-41,46,54,62,76-77H,6-13,24-31,37-39H2,1-5H3,(H2,72,88)(H,75,89)(H,78,85)(H3,73,74,92)/t46-,54+,62+/m1/s1. The molecule has 0 saturated carbocycles. The highest BCUT2D eigenvalue weighted by atomic mass is 35.5. The number of benzene rings is 4. The molecule has 0 bridgehead atoms. The topological polar surface area (TPSA) is 338 Å². The van der Waals surface area contributed by atoms with Gasteiger partial charge in [0, 0.05) is 128 Å². The lowest BCUT2D eigenvalue weighted by molar-refractivity contribution is -0.137. The van der Waals surface area contributed by atoms with Gasteiger partial charge in [-0.2, -0.15) is 0 Å². The van der Waals surface area contributed by atoms with E-state index in [1.807, 2.05) is 30.5 Å². The average molecular weight is 1380 g/mol. The Kier molecular flexibility index (Phi) is 23.1. The van der Waals surface area contributed by atoms with Crippen LogP contribution in [0, 0.1) is 12.8 Å². The number of hydrogen-bond donors (Lipinski definition) is 7. The summed E-state index contributed by atoms with van der Waals surface area (Å²) >= 11 is 8.06. The summed E-state index contributed by atoms with van der Waals surface area (Å²) in [6.07, 6.45) is 5.14. The molecule has 4 aromatic carbocycles. The normalized spacial score (nSPS) is 15.0. The van der Waals surface area contributed by atoms with Crippen LogP contribution >= 0.6 is 22.9 Å².